The molecule has 0 amide bonds. The monoisotopic (exact) mass is 294 g/mol. The molecule has 3 aromatic rings. The average molecular weight is 294 g/mol. The standard InChI is InChI=1S/C18H22N4/c1-14(2)21(11-16-8-4-5-10-19-16)12-17-13-22-15(3)7-6-9-18(22)20-17/h4-10,13-14H,11-12H2,1-3H3. The van der Waals surface area contributed by atoms with Crippen LogP contribution in [0, 0.1) is 6.92 Å². The summed E-state index contributed by atoms with van der Waals surface area (Å²) < 4.78 is 2.15. The highest BCUT2D eigenvalue weighted by molar-refractivity contribution is 5.41. The van der Waals surface area contributed by atoms with Gasteiger partial charge in [0, 0.05) is 37.2 Å². The Hall–Kier alpha value is -2.20. The number of nitrogens with zero attached hydrogens (tertiary/aromatic N) is 4. The summed E-state index contributed by atoms with van der Waals surface area (Å²) in [6.07, 6.45) is 3.99. The Balaban J connectivity index is 1.82. The molecule has 4 nitrogen and oxygen atoms in total. The number of hydrogen-bond acceptors (Lipinski definition) is 3. The maximum Gasteiger partial charge on any atom is 0.137 e. The van der Waals surface area contributed by atoms with Crippen LogP contribution < -0.4 is 0 Å². The van der Waals surface area contributed by atoms with Gasteiger partial charge in [-0.05, 0) is 45.0 Å². The van der Waals surface area contributed by atoms with Crippen molar-refractivity contribution in [3.05, 3.63) is 65.9 Å². The Labute approximate surface area is 131 Å². The van der Waals surface area contributed by atoms with E-state index in [1.807, 2.05) is 18.3 Å². The van der Waals surface area contributed by atoms with Gasteiger partial charge in [0.25, 0.3) is 0 Å². The second-order valence-electron chi connectivity index (χ2n) is 5.95. The molecule has 0 spiro atoms. The summed E-state index contributed by atoms with van der Waals surface area (Å²) in [7, 11) is 0. The average Bonchev–Trinajstić information content (AvgIpc) is 2.92. The minimum Gasteiger partial charge on any atom is -0.304 e. The van der Waals surface area contributed by atoms with Crippen molar-refractivity contribution >= 4 is 5.65 Å². The predicted molar refractivity (Wildman–Crippen MR) is 88.5 cm³/mol. The van der Waals surface area contributed by atoms with E-state index in [1.54, 1.807) is 0 Å². The Morgan fingerprint density at radius 3 is 2.55 bits per heavy atom. The van der Waals surface area contributed by atoms with Crippen molar-refractivity contribution in [2.75, 3.05) is 0 Å². The summed E-state index contributed by atoms with van der Waals surface area (Å²) >= 11 is 0. The lowest BCUT2D eigenvalue weighted by atomic mass is 10.2. The van der Waals surface area contributed by atoms with Gasteiger partial charge in [-0.2, -0.15) is 0 Å². The van der Waals surface area contributed by atoms with Gasteiger partial charge in [0.05, 0.1) is 11.4 Å². The third kappa shape index (κ3) is 3.17. The van der Waals surface area contributed by atoms with Crippen LogP contribution in [0.5, 0.6) is 0 Å². The fourth-order valence-corrected chi connectivity index (χ4v) is 2.60. The van der Waals surface area contributed by atoms with Crippen LogP contribution in [-0.2, 0) is 13.1 Å². The lowest BCUT2D eigenvalue weighted by Crippen LogP contribution is -2.30. The van der Waals surface area contributed by atoms with Crippen molar-refractivity contribution in [2.24, 2.45) is 0 Å². The zero-order chi connectivity index (χ0) is 15.5. The number of fused-ring (bicyclic) bond motifs is 1. The maximum absolute atomic E-state index is 4.74. The van der Waals surface area contributed by atoms with Gasteiger partial charge in [0.2, 0.25) is 0 Å². The van der Waals surface area contributed by atoms with E-state index in [4.69, 9.17) is 4.98 Å². The quantitative estimate of drug-likeness (QED) is 0.722. The number of imidazole rings is 1. The first-order valence-corrected chi connectivity index (χ1v) is 7.71. The summed E-state index contributed by atoms with van der Waals surface area (Å²) in [4.78, 5) is 11.6. The van der Waals surface area contributed by atoms with Crippen molar-refractivity contribution < 1.29 is 0 Å². The molecule has 0 aliphatic heterocycles. The zero-order valence-corrected chi connectivity index (χ0v) is 13.4. The molecule has 0 fully saturated rings. The van der Waals surface area contributed by atoms with E-state index in [1.165, 1.54) is 5.69 Å². The maximum atomic E-state index is 4.74. The highest BCUT2D eigenvalue weighted by Crippen LogP contribution is 2.14. The molecule has 0 saturated heterocycles. The topological polar surface area (TPSA) is 33.4 Å². The van der Waals surface area contributed by atoms with E-state index in [2.05, 4.69) is 65.5 Å². The van der Waals surface area contributed by atoms with Gasteiger partial charge >= 0.3 is 0 Å². The Morgan fingerprint density at radius 1 is 1.05 bits per heavy atom. The summed E-state index contributed by atoms with van der Waals surface area (Å²) in [5.74, 6) is 0. The first kappa shape index (κ1) is 14.7. The smallest absolute Gasteiger partial charge is 0.137 e. The second kappa shape index (κ2) is 6.28. The van der Waals surface area contributed by atoms with Crippen molar-refractivity contribution in [3.63, 3.8) is 0 Å². The fraction of sp³-hybridized carbons (Fsp3) is 0.333. The van der Waals surface area contributed by atoms with Crippen LogP contribution in [0.1, 0.15) is 30.9 Å². The molecule has 0 atom stereocenters. The van der Waals surface area contributed by atoms with Crippen LogP contribution in [0.25, 0.3) is 5.65 Å². The van der Waals surface area contributed by atoms with Crippen LogP contribution in [0.2, 0.25) is 0 Å². The summed E-state index contributed by atoms with van der Waals surface area (Å²) in [6, 6.07) is 12.7. The lowest BCUT2D eigenvalue weighted by Gasteiger charge is -2.25. The third-order valence-electron chi connectivity index (χ3n) is 3.93. The number of aromatic nitrogens is 3. The van der Waals surface area contributed by atoms with Crippen LogP contribution in [0.15, 0.2) is 48.8 Å². The van der Waals surface area contributed by atoms with Crippen LogP contribution >= 0.6 is 0 Å². The molecular formula is C18H22N4. The molecule has 0 N–H and O–H groups in total. The molecular weight excluding hydrogens is 272 g/mol. The van der Waals surface area contributed by atoms with E-state index in [0.29, 0.717) is 6.04 Å². The number of aryl methyl sites for hydroxylation is 1. The van der Waals surface area contributed by atoms with Gasteiger partial charge in [-0.25, -0.2) is 4.98 Å². The molecule has 0 bridgehead atoms. The Bertz CT molecular complexity index is 746. The van der Waals surface area contributed by atoms with Crippen LogP contribution in [0.3, 0.4) is 0 Å². The van der Waals surface area contributed by atoms with Crippen molar-refractivity contribution in [1.29, 1.82) is 0 Å². The van der Waals surface area contributed by atoms with Crippen molar-refractivity contribution in [2.45, 2.75) is 39.9 Å². The van der Waals surface area contributed by atoms with E-state index >= 15 is 0 Å². The predicted octanol–water partition coefficient (Wildman–Crippen LogP) is 3.45. The van der Waals surface area contributed by atoms with Gasteiger partial charge in [-0.1, -0.05) is 12.1 Å². The second-order valence-corrected chi connectivity index (χ2v) is 5.95. The normalized spacial score (nSPS) is 11.7. The lowest BCUT2D eigenvalue weighted by molar-refractivity contribution is 0.199. The molecule has 3 rings (SSSR count). The van der Waals surface area contributed by atoms with E-state index < -0.39 is 0 Å². The molecule has 0 saturated carbocycles. The van der Waals surface area contributed by atoms with Gasteiger partial charge in [-0.3, -0.25) is 9.88 Å². The van der Waals surface area contributed by atoms with Gasteiger partial charge < -0.3 is 4.40 Å². The van der Waals surface area contributed by atoms with E-state index in [-0.39, 0.29) is 0 Å². The third-order valence-corrected chi connectivity index (χ3v) is 3.93. The molecule has 0 unspecified atom stereocenters. The first-order chi connectivity index (χ1) is 10.6. The van der Waals surface area contributed by atoms with E-state index in [0.717, 1.165) is 30.1 Å². The Kier molecular flexibility index (Phi) is 4.20. The summed E-state index contributed by atoms with van der Waals surface area (Å²) in [6.45, 7) is 8.20. The van der Waals surface area contributed by atoms with Gasteiger partial charge in [0.15, 0.2) is 0 Å². The molecule has 3 heterocycles. The van der Waals surface area contributed by atoms with Crippen LogP contribution in [-0.4, -0.2) is 25.3 Å². The van der Waals surface area contributed by atoms with Gasteiger partial charge in [0.1, 0.15) is 5.65 Å². The SMILES string of the molecule is Cc1cccc2nc(CN(Cc3ccccn3)C(C)C)cn12. The molecule has 0 aliphatic carbocycles. The minimum absolute atomic E-state index is 0.438. The molecule has 0 aromatic carbocycles. The number of hydrogen-bond donors (Lipinski definition) is 0. The highest BCUT2D eigenvalue weighted by Gasteiger charge is 2.14. The number of pyridine rings is 2. The van der Waals surface area contributed by atoms with E-state index in [9.17, 15) is 0 Å². The largest absolute Gasteiger partial charge is 0.304 e. The summed E-state index contributed by atoms with van der Waals surface area (Å²) in [5, 5.41) is 0. The molecule has 4 heteroatoms. The molecule has 3 aromatic heterocycles. The molecule has 0 aliphatic rings. The highest BCUT2D eigenvalue weighted by atomic mass is 15.2. The first-order valence-electron chi connectivity index (χ1n) is 7.71. The van der Waals surface area contributed by atoms with Crippen molar-refractivity contribution in [3.8, 4) is 0 Å². The molecule has 114 valence electrons. The van der Waals surface area contributed by atoms with Crippen molar-refractivity contribution in [1.82, 2.24) is 19.3 Å². The zero-order valence-electron chi connectivity index (χ0n) is 13.4. The summed E-state index contributed by atoms with van der Waals surface area (Å²) in [5.41, 5.74) is 4.41. The van der Waals surface area contributed by atoms with Crippen LogP contribution in [0.4, 0.5) is 0 Å². The van der Waals surface area contributed by atoms with Gasteiger partial charge in [-0.15, -0.1) is 0 Å². The number of rotatable bonds is 5. The molecule has 22 heavy (non-hydrogen) atoms. The molecule has 0 radical (unpaired) electrons. The minimum atomic E-state index is 0.438. The fourth-order valence-electron chi connectivity index (χ4n) is 2.60. The Morgan fingerprint density at radius 2 is 1.86 bits per heavy atom.